The molecule has 5 aromatic carbocycles. The molecule has 2 nitrogen and oxygen atoms in total. The van der Waals surface area contributed by atoms with Crippen LogP contribution in [0.1, 0.15) is 109 Å². The predicted molar refractivity (Wildman–Crippen MR) is 251 cm³/mol. The highest BCUT2D eigenvalue weighted by atomic mass is 32.2. The molecular weight excluding hydrogens is 753 g/mol. The van der Waals surface area contributed by atoms with Gasteiger partial charge in [0.1, 0.15) is 6.17 Å². The zero-order chi connectivity index (χ0) is 39.0. The highest BCUT2D eigenvalue weighted by Gasteiger charge is 2.47. The molecule has 1 aromatic heterocycles. The number of nitrogens with one attached hydrogen (secondary N) is 1. The van der Waals surface area contributed by atoms with Crippen molar-refractivity contribution in [2.75, 3.05) is 0 Å². The molecule has 13 rings (SSSR count). The number of nitrogens with zero attached hydrogens (tertiary/aromatic N) is 1. The first-order valence-corrected chi connectivity index (χ1v) is 23.5. The lowest BCUT2D eigenvalue weighted by Gasteiger charge is -2.36. The summed E-state index contributed by atoms with van der Waals surface area (Å²) in [6, 6.07) is 39.9. The topological polar surface area (TPSA) is 24.4 Å². The molecule has 1 N–H and O–H groups in total. The maximum Gasteiger partial charge on any atom is 0.145 e. The van der Waals surface area contributed by atoms with Crippen molar-refractivity contribution in [3.63, 3.8) is 0 Å². The number of hydrogen-bond acceptors (Lipinski definition) is 4. The normalized spacial score (nSPS) is 23.5. The first-order chi connectivity index (χ1) is 29.0. The van der Waals surface area contributed by atoms with E-state index in [1.54, 1.807) is 11.1 Å². The second-order valence-corrected chi connectivity index (χ2v) is 20.7. The lowest BCUT2D eigenvalue weighted by atomic mass is 9.67. The molecule has 59 heavy (non-hydrogen) atoms. The fourth-order valence-corrected chi connectivity index (χ4v) is 14.7. The molecule has 4 heteroatoms. The fourth-order valence-electron chi connectivity index (χ4n) is 12.0. The summed E-state index contributed by atoms with van der Waals surface area (Å²) in [7, 11) is 0. The van der Waals surface area contributed by atoms with E-state index in [-0.39, 0.29) is 22.9 Å². The van der Waals surface area contributed by atoms with Crippen LogP contribution in [-0.4, -0.2) is 11.0 Å². The summed E-state index contributed by atoms with van der Waals surface area (Å²) in [6.45, 7) is 4.87. The zero-order valence-electron chi connectivity index (χ0n) is 33.6. The molecule has 288 valence electrons. The van der Waals surface area contributed by atoms with Crippen LogP contribution in [0, 0.1) is 0 Å². The van der Waals surface area contributed by atoms with Crippen LogP contribution in [0.3, 0.4) is 0 Å². The summed E-state index contributed by atoms with van der Waals surface area (Å²) < 4.78 is 1.36. The van der Waals surface area contributed by atoms with Gasteiger partial charge >= 0.3 is 0 Å². The molecule has 5 aliphatic carbocycles. The maximum absolute atomic E-state index is 5.59. The largest absolute Gasteiger partial charge is 0.359 e. The quantitative estimate of drug-likeness (QED) is 0.193. The van der Waals surface area contributed by atoms with E-state index in [1.807, 2.05) is 23.1 Å². The minimum absolute atomic E-state index is 0.0553. The summed E-state index contributed by atoms with van der Waals surface area (Å²) in [5, 5.41) is 5.71. The van der Waals surface area contributed by atoms with Crippen LogP contribution in [-0.2, 0) is 10.8 Å². The summed E-state index contributed by atoms with van der Waals surface area (Å²) in [4.78, 5) is 8.40. The van der Waals surface area contributed by atoms with Crippen molar-refractivity contribution in [3.8, 4) is 33.4 Å². The van der Waals surface area contributed by atoms with Crippen LogP contribution < -0.4 is 5.32 Å². The number of rotatable bonds is 3. The monoisotopic (exact) mass is 798 g/mol. The minimum atomic E-state index is -0.0917. The van der Waals surface area contributed by atoms with Gasteiger partial charge in [-0.1, -0.05) is 136 Å². The molecule has 1 spiro atoms. The number of fused-ring (bicyclic) bond motifs is 13. The lowest BCUT2D eigenvalue weighted by molar-refractivity contribution is 0.353. The highest BCUT2D eigenvalue weighted by Crippen LogP contribution is 2.60. The average molecular weight is 799 g/mol. The van der Waals surface area contributed by atoms with Gasteiger partial charge in [-0.05, 0) is 128 Å². The Morgan fingerprint density at radius 1 is 0.695 bits per heavy atom. The Morgan fingerprint density at radius 3 is 2.37 bits per heavy atom. The van der Waals surface area contributed by atoms with Gasteiger partial charge in [0, 0.05) is 37.0 Å². The van der Waals surface area contributed by atoms with Crippen molar-refractivity contribution in [1.82, 2.24) is 5.32 Å². The van der Waals surface area contributed by atoms with Crippen LogP contribution in [0.4, 0.5) is 0 Å². The molecule has 3 heterocycles. The molecule has 6 aromatic rings. The van der Waals surface area contributed by atoms with Gasteiger partial charge < -0.3 is 5.32 Å². The van der Waals surface area contributed by atoms with E-state index in [0.717, 1.165) is 12.8 Å². The zero-order valence-corrected chi connectivity index (χ0v) is 35.3. The molecule has 0 saturated heterocycles. The number of benzene rings is 5. The minimum Gasteiger partial charge on any atom is -0.359 e. The number of thioether (sulfide) groups is 1. The first-order valence-electron chi connectivity index (χ1n) is 21.8. The van der Waals surface area contributed by atoms with Crippen molar-refractivity contribution in [2.45, 2.75) is 87.0 Å². The van der Waals surface area contributed by atoms with Crippen LogP contribution in [0.5, 0.6) is 0 Å². The Bertz CT molecular complexity index is 2960. The summed E-state index contributed by atoms with van der Waals surface area (Å²) in [6.07, 6.45) is 20.1. The Kier molecular flexibility index (Phi) is 7.45. The van der Waals surface area contributed by atoms with Crippen LogP contribution in [0.2, 0.25) is 0 Å². The van der Waals surface area contributed by atoms with Crippen LogP contribution in [0.15, 0.2) is 149 Å². The van der Waals surface area contributed by atoms with Gasteiger partial charge in [-0.25, -0.2) is 0 Å². The van der Waals surface area contributed by atoms with Crippen molar-refractivity contribution in [3.05, 3.63) is 182 Å². The number of aliphatic imine (C=N–C) groups is 1. The maximum atomic E-state index is 5.59. The number of hydrogen-bond donors (Lipinski definition) is 1. The molecule has 3 atom stereocenters. The highest BCUT2D eigenvalue weighted by molar-refractivity contribution is 8.05. The van der Waals surface area contributed by atoms with Gasteiger partial charge in [-0.15, -0.1) is 23.1 Å². The number of thiophene rings is 1. The Labute approximate surface area is 355 Å². The van der Waals surface area contributed by atoms with Gasteiger partial charge in [0.05, 0.1) is 16.3 Å². The van der Waals surface area contributed by atoms with Gasteiger partial charge in [-0.2, -0.15) is 0 Å². The number of allylic oxidation sites excluding steroid dienone is 6. The average Bonchev–Trinajstić information content (AvgIpc) is 3.99. The van der Waals surface area contributed by atoms with E-state index < -0.39 is 0 Å². The van der Waals surface area contributed by atoms with E-state index in [1.165, 1.54) is 125 Å². The van der Waals surface area contributed by atoms with Crippen LogP contribution in [0.25, 0.3) is 49.5 Å². The second-order valence-electron chi connectivity index (χ2n) is 18.4. The summed E-state index contributed by atoms with van der Waals surface area (Å²) in [5.74, 6) is 0.231. The third-order valence-electron chi connectivity index (χ3n) is 14.9. The molecule has 3 unspecified atom stereocenters. The van der Waals surface area contributed by atoms with Crippen molar-refractivity contribution >= 4 is 45.0 Å². The predicted octanol–water partition coefficient (Wildman–Crippen LogP) is 14.6. The molecule has 1 fully saturated rings. The third-order valence-corrected chi connectivity index (χ3v) is 17.6. The Balaban J connectivity index is 0.904. The summed E-state index contributed by atoms with van der Waals surface area (Å²) >= 11 is 4.00. The molecule has 0 amide bonds. The lowest BCUT2D eigenvalue weighted by Crippen LogP contribution is -2.30. The Hall–Kier alpha value is -5.16. The smallest absolute Gasteiger partial charge is 0.145 e. The molecular formula is C55H46N2S2. The SMILES string of the molecule is CC1(C)c2ccc(-c3ccc4sc5c(c4c3)C=CCC5C3=NC(c4ccccc4)NC4=C3SC3CC=CC=C43)cc2-c2cc3c(cc21)-c1ccccc1C31CCCCC1. The van der Waals surface area contributed by atoms with E-state index >= 15 is 0 Å². The van der Waals surface area contributed by atoms with Gasteiger partial charge in [-0.3, -0.25) is 4.99 Å². The third kappa shape index (κ3) is 4.91. The fraction of sp³-hybridized carbons (Fsp3) is 0.255. The van der Waals surface area contributed by atoms with Crippen molar-refractivity contribution in [2.24, 2.45) is 4.99 Å². The van der Waals surface area contributed by atoms with Crippen LogP contribution >= 0.6 is 23.1 Å². The van der Waals surface area contributed by atoms with Gasteiger partial charge in [0.15, 0.2) is 0 Å². The summed E-state index contributed by atoms with van der Waals surface area (Å²) in [5.41, 5.74) is 21.2. The van der Waals surface area contributed by atoms with E-state index in [2.05, 4.69) is 153 Å². The Morgan fingerprint density at radius 2 is 1.47 bits per heavy atom. The first kappa shape index (κ1) is 34.7. The van der Waals surface area contributed by atoms with E-state index in [4.69, 9.17) is 4.99 Å². The molecule has 0 bridgehead atoms. The van der Waals surface area contributed by atoms with E-state index in [0.29, 0.717) is 5.25 Å². The van der Waals surface area contributed by atoms with E-state index in [9.17, 15) is 0 Å². The molecule has 7 aliphatic rings. The van der Waals surface area contributed by atoms with Gasteiger partial charge in [0.2, 0.25) is 0 Å². The molecule has 0 radical (unpaired) electrons. The molecule has 2 aliphatic heterocycles. The molecule has 1 saturated carbocycles. The van der Waals surface area contributed by atoms with Gasteiger partial charge in [0.25, 0.3) is 0 Å². The van der Waals surface area contributed by atoms with Crippen molar-refractivity contribution in [1.29, 1.82) is 0 Å². The standard InChI is InChI=1S/C55H46N2S2/c1-54(2)43-24-22-33(28-39(43)41-31-46-40(30-45(41)54)35-16-7-9-20-44(35)55(46)26-11-4-12-27-55)34-23-25-48-42(29-34)36-18-13-19-38(51(36)58-48)50-52-49(37-17-8-10-21-47(37)59-52)56-53(57-50)32-14-5-3-6-15-32/h3,5-10,13-18,20,22-25,28-31,38,47,53,56H,4,11-12,19,21,26-27H2,1-2H3. The van der Waals surface area contributed by atoms with Crippen molar-refractivity contribution < 1.29 is 0 Å². The second kappa shape index (κ2) is 12.7.